The fourth-order valence-electron chi connectivity index (χ4n) is 2.05. The lowest BCUT2D eigenvalue weighted by molar-refractivity contribution is -0.0375. The molecule has 1 aromatic heterocycles. The van der Waals surface area contributed by atoms with Crippen molar-refractivity contribution in [1.82, 2.24) is 20.1 Å². The van der Waals surface area contributed by atoms with Gasteiger partial charge in [-0.2, -0.15) is 0 Å². The SMILES string of the molecule is CC(C)(C)c1nc(C(=O)N2CCOCC2(C)C)n[nH]1. The molecule has 0 bridgehead atoms. The molecule has 1 aliphatic rings. The molecule has 106 valence electrons. The highest BCUT2D eigenvalue weighted by Crippen LogP contribution is 2.22. The molecular formula is C13H22N4O2. The number of carbonyl (C=O) groups is 1. The van der Waals surface area contributed by atoms with Crippen LogP contribution in [-0.2, 0) is 10.2 Å². The minimum atomic E-state index is -0.322. The smallest absolute Gasteiger partial charge is 0.294 e. The van der Waals surface area contributed by atoms with Crippen LogP contribution in [0.4, 0.5) is 0 Å². The second-order valence-electron chi connectivity index (χ2n) is 6.58. The van der Waals surface area contributed by atoms with Crippen molar-refractivity contribution in [2.45, 2.75) is 45.6 Å². The monoisotopic (exact) mass is 266 g/mol. The summed E-state index contributed by atoms with van der Waals surface area (Å²) in [7, 11) is 0. The van der Waals surface area contributed by atoms with E-state index in [0.29, 0.717) is 19.8 Å². The molecule has 2 heterocycles. The first-order valence-corrected chi connectivity index (χ1v) is 6.54. The van der Waals surface area contributed by atoms with Crippen molar-refractivity contribution in [3.63, 3.8) is 0 Å². The summed E-state index contributed by atoms with van der Waals surface area (Å²) in [5, 5.41) is 6.91. The van der Waals surface area contributed by atoms with E-state index in [0.717, 1.165) is 5.82 Å². The van der Waals surface area contributed by atoms with Gasteiger partial charge in [-0.25, -0.2) is 4.98 Å². The van der Waals surface area contributed by atoms with E-state index in [1.54, 1.807) is 4.90 Å². The Morgan fingerprint density at radius 2 is 2.11 bits per heavy atom. The topological polar surface area (TPSA) is 71.1 Å². The number of aromatic nitrogens is 3. The maximum Gasteiger partial charge on any atom is 0.294 e. The molecule has 0 spiro atoms. The Hall–Kier alpha value is -1.43. The first-order valence-electron chi connectivity index (χ1n) is 6.54. The van der Waals surface area contributed by atoms with E-state index in [1.807, 2.05) is 34.6 Å². The summed E-state index contributed by atoms with van der Waals surface area (Å²) in [5.41, 5.74) is -0.468. The number of nitrogens with zero attached hydrogens (tertiary/aromatic N) is 3. The first kappa shape index (κ1) is 14.0. The number of nitrogens with one attached hydrogen (secondary N) is 1. The van der Waals surface area contributed by atoms with Gasteiger partial charge in [-0.15, -0.1) is 5.10 Å². The molecule has 1 amide bonds. The first-order chi connectivity index (χ1) is 8.72. The van der Waals surface area contributed by atoms with Crippen LogP contribution in [0.5, 0.6) is 0 Å². The van der Waals surface area contributed by atoms with Gasteiger partial charge in [0, 0.05) is 12.0 Å². The van der Waals surface area contributed by atoms with Crippen LogP contribution in [0.15, 0.2) is 0 Å². The molecule has 19 heavy (non-hydrogen) atoms. The van der Waals surface area contributed by atoms with Crippen molar-refractivity contribution >= 4 is 5.91 Å². The predicted octanol–water partition coefficient (Wildman–Crippen LogP) is 1.35. The van der Waals surface area contributed by atoms with Crippen molar-refractivity contribution in [2.75, 3.05) is 19.8 Å². The van der Waals surface area contributed by atoms with Crippen molar-refractivity contribution in [1.29, 1.82) is 0 Å². The van der Waals surface area contributed by atoms with Crippen LogP contribution in [0.25, 0.3) is 0 Å². The Morgan fingerprint density at radius 1 is 1.42 bits per heavy atom. The lowest BCUT2D eigenvalue weighted by atomic mass is 9.96. The lowest BCUT2D eigenvalue weighted by Gasteiger charge is -2.41. The zero-order valence-electron chi connectivity index (χ0n) is 12.3. The number of amides is 1. The molecule has 0 radical (unpaired) electrons. The van der Waals surface area contributed by atoms with Crippen molar-refractivity contribution in [3.05, 3.63) is 11.6 Å². The lowest BCUT2D eigenvalue weighted by Crippen LogP contribution is -2.55. The molecule has 1 fully saturated rings. The number of carbonyl (C=O) groups excluding carboxylic acids is 1. The molecule has 1 saturated heterocycles. The third-order valence-corrected chi connectivity index (χ3v) is 3.28. The quantitative estimate of drug-likeness (QED) is 0.833. The standard InChI is InChI=1S/C13H22N4O2/c1-12(2,3)11-14-9(15-16-11)10(18)17-6-7-19-8-13(17,4)5/h6-8H2,1-5H3,(H,14,15,16). The summed E-state index contributed by atoms with van der Waals surface area (Å²) < 4.78 is 5.42. The van der Waals surface area contributed by atoms with Gasteiger partial charge < -0.3 is 9.64 Å². The largest absolute Gasteiger partial charge is 0.377 e. The van der Waals surface area contributed by atoms with E-state index in [2.05, 4.69) is 15.2 Å². The Morgan fingerprint density at radius 3 is 2.63 bits per heavy atom. The Bertz CT molecular complexity index is 473. The molecule has 0 saturated carbocycles. The summed E-state index contributed by atoms with van der Waals surface area (Å²) >= 11 is 0. The molecule has 0 atom stereocenters. The number of rotatable bonds is 1. The highest BCUT2D eigenvalue weighted by Gasteiger charge is 2.36. The number of morpholine rings is 1. The van der Waals surface area contributed by atoms with Crippen molar-refractivity contribution in [3.8, 4) is 0 Å². The summed E-state index contributed by atoms with van der Waals surface area (Å²) in [6.45, 7) is 11.7. The average Bonchev–Trinajstić information content (AvgIpc) is 2.76. The number of hydrogen-bond acceptors (Lipinski definition) is 4. The number of hydrogen-bond donors (Lipinski definition) is 1. The van der Waals surface area contributed by atoms with Gasteiger partial charge >= 0.3 is 0 Å². The fraction of sp³-hybridized carbons (Fsp3) is 0.769. The van der Waals surface area contributed by atoms with E-state index in [9.17, 15) is 4.79 Å². The van der Waals surface area contributed by atoms with E-state index in [1.165, 1.54) is 0 Å². The normalized spacial score (nSPS) is 19.5. The molecular weight excluding hydrogens is 244 g/mol. The fourth-order valence-corrected chi connectivity index (χ4v) is 2.05. The Balaban J connectivity index is 2.22. The van der Waals surface area contributed by atoms with Crippen molar-refractivity contribution in [2.24, 2.45) is 0 Å². The molecule has 0 unspecified atom stereocenters. The number of ether oxygens (including phenoxy) is 1. The Kier molecular flexibility index (Phi) is 3.38. The molecule has 1 aromatic rings. The van der Waals surface area contributed by atoms with Crippen LogP contribution in [0.1, 0.15) is 51.1 Å². The predicted molar refractivity (Wildman–Crippen MR) is 71.0 cm³/mol. The highest BCUT2D eigenvalue weighted by molar-refractivity contribution is 5.91. The second-order valence-corrected chi connectivity index (χ2v) is 6.58. The van der Waals surface area contributed by atoms with Gasteiger partial charge in [0.2, 0.25) is 5.82 Å². The third kappa shape index (κ3) is 2.78. The van der Waals surface area contributed by atoms with E-state index >= 15 is 0 Å². The van der Waals surface area contributed by atoms with E-state index in [4.69, 9.17) is 4.74 Å². The summed E-state index contributed by atoms with van der Waals surface area (Å²) in [5.74, 6) is 0.821. The zero-order valence-corrected chi connectivity index (χ0v) is 12.3. The van der Waals surface area contributed by atoms with Crippen LogP contribution >= 0.6 is 0 Å². The van der Waals surface area contributed by atoms with Crippen LogP contribution in [0.3, 0.4) is 0 Å². The second kappa shape index (κ2) is 4.59. The molecule has 0 aromatic carbocycles. The minimum Gasteiger partial charge on any atom is -0.377 e. The maximum atomic E-state index is 12.5. The number of aromatic amines is 1. The van der Waals surface area contributed by atoms with Crippen LogP contribution in [0, 0.1) is 0 Å². The zero-order chi connectivity index (χ0) is 14.3. The molecule has 0 aliphatic carbocycles. The van der Waals surface area contributed by atoms with Gasteiger partial charge in [0.1, 0.15) is 5.82 Å². The van der Waals surface area contributed by atoms with Gasteiger partial charge in [0.15, 0.2) is 0 Å². The van der Waals surface area contributed by atoms with Gasteiger partial charge in [-0.1, -0.05) is 20.8 Å². The summed E-state index contributed by atoms with van der Waals surface area (Å²) in [6, 6.07) is 0. The maximum absolute atomic E-state index is 12.5. The molecule has 6 heteroatoms. The van der Waals surface area contributed by atoms with E-state index in [-0.39, 0.29) is 22.7 Å². The van der Waals surface area contributed by atoms with Crippen molar-refractivity contribution < 1.29 is 9.53 Å². The van der Waals surface area contributed by atoms with Gasteiger partial charge in [0.25, 0.3) is 5.91 Å². The number of H-pyrrole nitrogens is 1. The summed E-state index contributed by atoms with van der Waals surface area (Å²) in [6.07, 6.45) is 0. The van der Waals surface area contributed by atoms with Crippen LogP contribution in [-0.4, -0.2) is 51.3 Å². The minimum absolute atomic E-state index is 0.139. The van der Waals surface area contributed by atoms with Gasteiger partial charge in [0.05, 0.1) is 18.8 Å². The van der Waals surface area contributed by atoms with Crippen LogP contribution < -0.4 is 0 Å². The molecule has 1 N–H and O–H groups in total. The Labute approximate surface area is 113 Å². The van der Waals surface area contributed by atoms with Gasteiger partial charge in [-0.05, 0) is 13.8 Å². The average molecular weight is 266 g/mol. The van der Waals surface area contributed by atoms with Crippen LogP contribution in [0.2, 0.25) is 0 Å². The third-order valence-electron chi connectivity index (χ3n) is 3.28. The molecule has 2 rings (SSSR count). The molecule has 1 aliphatic heterocycles. The van der Waals surface area contributed by atoms with E-state index < -0.39 is 0 Å². The molecule has 6 nitrogen and oxygen atoms in total. The summed E-state index contributed by atoms with van der Waals surface area (Å²) in [4.78, 5) is 18.6. The van der Waals surface area contributed by atoms with Gasteiger partial charge in [-0.3, -0.25) is 9.89 Å². The highest BCUT2D eigenvalue weighted by atomic mass is 16.5.